The van der Waals surface area contributed by atoms with Crippen molar-refractivity contribution in [1.82, 2.24) is 10.6 Å². The number of carbonyl (C=O) groups is 2. The van der Waals surface area contributed by atoms with Crippen molar-refractivity contribution in [2.75, 3.05) is 11.3 Å². The molecule has 19 heavy (non-hydrogen) atoms. The maximum atomic E-state index is 13.3. The standard InChI is InChI=1S/C10H10FN3O4S/c11-6-3-1-2-4-7(6)14-19(17,18)8-5-12-10(16)13-9(8)15/h1-4,8,14H,5H2,(H2,12,13,15,16). The zero-order valence-corrected chi connectivity index (χ0v) is 10.3. The molecule has 3 N–H and O–H groups in total. The van der Waals surface area contributed by atoms with Crippen LogP contribution in [0.3, 0.4) is 0 Å². The molecule has 1 unspecified atom stereocenters. The molecule has 1 saturated heterocycles. The second kappa shape index (κ2) is 4.84. The summed E-state index contributed by atoms with van der Waals surface area (Å²) in [5.41, 5.74) is -0.257. The Balaban J connectivity index is 2.22. The largest absolute Gasteiger partial charge is 0.336 e. The minimum Gasteiger partial charge on any atom is -0.336 e. The number of hydrogen-bond donors (Lipinski definition) is 3. The van der Waals surface area contributed by atoms with Crippen LogP contribution >= 0.6 is 0 Å². The van der Waals surface area contributed by atoms with Crippen LogP contribution in [0.15, 0.2) is 24.3 Å². The lowest BCUT2D eigenvalue weighted by Crippen LogP contribution is -2.58. The van der Waals surface area contributed by atoms with Gasteiger partial charge < -0.3 is 5.32 Å². The average molecular weight is 287 g/mol. The van der Waals surface area contributed by atoms with E-state index in [-0.39, 0.29) is 12.2 Å². The van der Waals surface area contributed by atoms with Gasteiger partial charge in [-0.25, -0.2) is 17.6 Å². The molecule has 0 spiro atoms. The van der Waals surface area contributed by atoms with E-state index in [1.165, 1.54) is 18.2 Å². The van der Waals surface area contributed by atoms with Crippen LogP contribution in [0, 0.1) is 5.82 Å². The molecule has 7 nitrogen and oxygen atoms in total. The highest BCUT2D eigenvalue weighted by molar-refractivity contribution is 7.94. The third-order valence-electron chi connectivity index (χ3n) is 2.48. The number of amides is 3. The van der Waals surface area contributed by atoms with Crippen LogP contribution in [-0.4, -0.2) is 32.2 Å². The normalized spacial score (nSPS) is 19.5. The number of halogens is 1. The molecule has 3 amide bonds. The molecule has 0 aromatic heterocycles. The maximum absolute atomic E-state index is 13.3. The molecular formula is C10H10FN3O4S. The average Bonchev–Trinajstić information content (AvgIpc) is 2.31. The smallest absolute Gasteiger partial charge is 0.321 e. The second-order valence-electron chi connectivity index (χ2n) is 3.81. The molecule has 1 aliphatic heterocycles. The number of benzene rings is 1. The summed E-state index contributed by atoms with van der Waals surface area (Å²) in [4.78, 5) is 22.3. The molecule has 1 heterocycles. The number of nitrogens with one attached hydrogen (secondary N) is 3. The van der Waals surface area contributed by atoms with E-state index in [1.807, 2.05) is 10.0 Å². The van der Waals surface area contributed by atoms with Crippen LogP contribution in [0.1, 0.15) is 0 Å². The molecule has 0 aliphatic carbocycles. The van der Waals surface area contributed by atoms with Gasteiger partial charge in [0.15, 0.2) is 5.25 Å². The summed E-state index contributed by atoms with van der Waals surface area (Å²) in [5.74, 6) is -1.71. The Labute approximate surface area is 108 Å². The number of sulfonamides is 1. The molecule has 1 atom stereocenters. The van der Waals surface area contributed by atoms with E-state index in [0.29, 0.717) is 0 Å². The molecule has 2 rings (SSSR count). The third kappa shape index (κ3) is 2.81. The molecule has 9 heteroatoms. The molecule has 102 valence electrons. The summed E-state index contributed by atoms with van der Waals surface area (Å²) in [6.45, 7) is -0.367. The van der Waals surface area contributed by atoms with Crippen LogP contribution in [0.25, 0.3) is 0 Å². The van der Waals surface area contributed by atoms with Gasteiger partial charge in [0.25, 0.3) is 0 Å². The Morgan fingerprint density at radius 2 is 1.95 bits per heavy atom. The maximum Gasteiger partial charge on any atom is 0.321 e. The van der Waals surface area contributed by atoms with E-state index < -0.39 is 33.0 Å². The Morgan fingerprint density at radius 1 is 1.26 bits per heavy atom. The predicted molar refractivity (Wildman–Crippen MR) is 64.3 cm³/mol. The lowest BCUT2D eigenvalue weighted by molar-refractivity contribution is -0.120. The van der Waals surface area contributed by atoms with Crippen molar-refractivity contribution in [3.63, 3.8) is 0 Å². The fraction of sp³-hybridized carbons (Fsp3) is 0.200. The van der Waals surface area contributed by atoms with Gasteiger partial charge in [-0.05, 0) is 12.1 Å². The Morgan fingerprint density at radius 3 is 2.58 bits per heavy atom. The van der Waals surface area contributed by atoms with Gasteiger partial charge >= 0.3 is 6.03 Å². The highest BCUT2D eigenvalue weighted by atomic mass is 32.2. The number of para-hydroxylation sites is 1. The molecule has 1 aromatic rings. The molecule has 1 aliphatic rings. The van der Waals surface area contributed by atoms with Gasteiger partial charge in [0.05, 0.1) is 5.69 Å². The number of anilines is 1. The fourth-order valence-electron chi connectivity index (χ4n) is 1.53. The van der Waals surface area contributed by atoms with Crippen molar-refractivity contribution in [2.45, 2.75) is 5.25 Å². The summed E-state index contributed by atoms with van der Waals surface area (Å²) in [6, 6.07) is 4.40. The monoisotopic (exact) mass is 287 g/mol. The van der Waals surface area contributed by atoms with Crippen LogP contribution < -0.4 is 15.4 Å². The lowest BCUT2D eigenvalue weighted by atomic mass is 10.3. The van der Waals surface area contributed by atoms with Crippen molar-refractivity contribution in [2.24, 2.45) is 0 Å². The van der Waals surface area contributed by atoms with Crippen LogP contribution in [0.4, 0.5) is 14.9 Å². The van der Waals surface area contributed by atoms with Gasteiger partial charge in [0.1, 0.15) is 5.82 Å². The first-order valence-corrected chi connectivity index (χ1v) is 6.79. The Kier molecular flexibility index (Phi) is 3.38. The van der Waals surface area contributed by atoms with Gasteiger partial charge in [0, 0.05) is 6.54 Å². The quantitative estimate of drug-likeness (QED) is 0.714. The van der Waals surface area contributed by atoms with E-state index in [0.717, 1.165) is 6.07 Å². The highest BCUT2D eigenvalue weighted by Crippen LogP contribution is 2.16. The molecule has 0 bridgehead atoms. The minimum absolute atomic E-state index is 0.257. The van der Waals surface area contributed by atoms with Crippen LogP contribution in [0.2, 0.25) is 0 Å². The fourth-order valence-corrected chi connectivity index (χ4v) is 2.79. The van der Waals surface area contributed by atoms with Gasteiger partial charge in [-0.15, -0.1) is 0 Å². The molecule has 0 saturated carbocycles. The molecule has 0 radical (unpaired) electrons. The van der Waals surface area contributed by atoms with Crippen molar-refractivity contribution < 1.29 is 22.4 Å². The summed E-state index contributed by atoms with van der Waals surface area (Å²) in [7, 11) is -4.15. The van der Waals surface area contributed by atoms with Gasteiger partial charge in [0.2, 0.25) is 15.9 Å². The molecule has 1 aromatic carbocycles. The van der Waals surface area contributed by atoms with E-state index in [9.17, 15) is 22.4 Å². The Hall–Kier alpha value is -2.16. The molecule has 1 fully saturated rings. The first kappa shape index (κ1) is 13.3. The summed E-state index contributed by atoms with van der Waals surface area (Å²) >= 11 is 0. The number of imide groups is 1. The summed E-state index contributed by atoms with van der Waals surface area (Å²) < 4.78 is 39.2. The van der Waals surface area contributed by atoms with E-state index in [4.69, 9.17) is 0 Å². The van der Waals surface area contributed by atoms with E-state index >= 15 is 0 Å². The summed E-state index contributed by atoms with van der Waals surface area (Å²) in [5, 5.41) is 2.51. The Bertz CT molecular complexity index is 631. The predicted octanol–water partition coefficient (Wildman–Crippen LogP) is -0.225. The number of rotatable bonds is 3. The SMILES string of the molecule is O=C1NCC(S(=O)(=O)Nc2ccccc2F)C(=O)N1. The number of hydrogen-bond acceptors (Lipinski definition) is 4. The van der Waals surface area contributed by atoms with Crippen LogP contribution in [-0.2, 0) is 14.8 Å². The topological polar surface area (TPSA) is 104 Å². The van der Waals surface area contributed by atoms with E-state index in [1.54, 1.807) is 0 Å². The van der Waals surface area contributed by atoms with Crippen molar-refractivity contribution >= 4 is 27.6 Å². The second-order valence-corrected chi connectivity index (χ2v) is 5.68. The van der Waals surface area contributed by atoms with E-state index in [2.05, 4.69) is 5.32 Å². The minimum atomic E-state index is -4.15. The first-order chi connectivity index (χ1) is 8.90. The summed E-state index contributed by atoms with van der Waals surface area (Å²) in [6.07, 6.45) is 0. The third-order valence-corrected chi connectivity index (χ3v) is 4.11. The highest BCUT2D eigenvalue weighted by Gasteiger charge is 2.37. The van der Waals surface area contributed by atoms with Crippen molar-refractivity contribution in [1.29, 1.82) is 0 Å². The van der Waals surface area contributed by atoms with Gasteiger partial charge in [-0.1, -0.05) is 12.1 Å². The van der Waals surface area contributed by atoms with Crippen molar-refractivity contribution in [3.05, 3.63) is 30.1 Å². The number of urea groups is 1. The number of carbonyl (C=O) groups excluding carboxylic acids is 2. The first-order valence-electron chi connectivity index (χ1n) is 5.25. The van der Waals surface area contributed by atoms with Gasteiger partial charge in [-0.2, -0.15) is 0 Å². The molecular weight excluding hydrogens is 277 g/mol. The lowest BCUT2D eigenvalue weighted by Gasteiger charge is -2.22. The zero-order chi connectivity index (χ0) is 14.0. The zero-order valence-electron chi connectivity index (χ0n) is 9.51. The van der Waals surface area contributed by atoms with Crippen molar-refractivity contribution in [3.8, 4) is 0 Å². The van der Waals surface area contributed by atoms with Gasteiger partial charge in [-0.3, -0.25) is 14.8 Å². The van der Waals surface area contributed by atoms with Crippen LogP contribution in [0.5, 0.6) is 0 Å².